The molecule has 0 spiro atoms. The van der Waals surface area contributed by atoms with Crippen LogP contribution in [0.15, 0.2) is 65.8 Å². The zero-order valence-corrected chi connectivity index (χ0v) is 18.4. The van der Waals surface area contributed by atoms with Crippen molar-refractivity contribution in [3.63, 3.8) is 0 Å². The lowest BCUT2D eigenvalue weighted by Gasteiger charge is -2.10. The molecular weight excluding hydrogens is 439 g/mol. The molecule has 0 saturated carbocycles. The Kier molecular flexibility index (Phi) is 7.76. The van der Waals surface area contributed by atoms with Crippen LogP contribution in [0.3, 0.4) is 0 Å². The topological polar surface area (TPSA) is 69.2 Å². The molecule has 1 N–H and O–H groups in total. The number of hydrogen-bond donors (Lipinski definition) is 1. The summed E-state index contributed by atoms with van der Waals surface area (Å²) in [6, 6.07) is 17.4. The fraction of sp³-hybridized carbons (Fsp3) is 0.130. The number of ether oxygens (including phenoxy) is 3. The second-order valence-corrected chi connectivity index (χ2v) is 7.21. The van der Waals surface area contributed by atoms with Gasteiger partial charge >= 0.3 is 0 Å². The second-order valence-electron chi connectivity index (χ2n) is 6.36. The first-order valence-corrected chi connectivity index (χ1v) is 9.98. The zero-order valence-electron chi connectivity index (χ0n) is 16.9. The Labute approximate surface area is 190 Å². The summed E-state index contributed by atoms with van der Waals surface area (Å²) in [5, 5.41) is 5.13. The van der Waals surface area contributed by atoms with Gasteiger partial charge in [-0.05, 0) is 36.4 Å². The zero-order chi connectivity index (χ0) is 22.2. The Morgan fingerprint density at radius 3 is 2.39 bits per heavy atom. The Balaban J connectivity index is 1.68. The highest BCUT2D eigenvalue weighted by Crippen LogP contribution is 2.24. The quantitative estimate of drug-likeness (QED) is 0.364. The van der Waals surface area contributed by atoms with Gasteiger partial charge < -0.3 is 14.2 Å². The number of benzene rings is 3. The number of hydrogen-bond acceptors (Lipinski definition) is 5. The molecule has 0 unspecified atom stereocenters. The Hall–Kier alpha value is -3.22. The summed E-state index contributed by atoms with van der Waals surface area (Å²) in [7, 11) is 3.03. The summed E-state index contributed by atoms with van der Waals surface area (Å²) in [6.07, 6.45) is 1.51. The molecule has 0 saturated heterocycles. The number of hydrazone groups is 1. The van der Waals surface area contributed by atoms with Crippen molar-refractivity contribution in [3.8, 4) is 17.2 Å². The lowest BCUT2D eigenvalue weighted by molar-refractivity contribution is 0.0954. The smallest absolute Gasteiger partial charge is 0.271 e. The lowest BCUT2D eigenvalue weighted by atomic mass is 10.2. The fourth-order valence-electron chi connectivity index (χ4n) is 2.68. The number of nitrogens with zero attached hydrogens (tertiary/aromatic N) is 1. The van der Waals surface area contributed by atoms with Crippen LogP contribution in [-0.2, 0) is 6.61 Å². The molecule has 0 aromatic heterocycles. The van der Waals surface area contributed by atoms with Gasteiger partial charge in [-0.1, -0.05) is 41.4 Å². The van der Waals surface area contributed by atoms with Gasteiger partial charge in [0.05, 0.1) is 20.4 Å². The molecule has 0 aliphatic carbocycles. The van der Waals surface area contributed by atoms with E-state index in [1.165, 1.54) is 20.4 Å². The minimum absolute atomic E-state index is 0.261. The van der Waals surface area contributed by atoms with Crippen LogP contribution in [0.25, 0.3) is 0 Å². The molecule has 0 heterocycles. The Morgan fingerprint density at radius 2 is 1.71 bits per heavy atom. The van der Waals surface area contributed by atoms with Gasteiger partial charge in [-0.3, -0.25) is 4.79 Å². The highest BCUT2D eigenvalue weighted by Gasteiger charge is 2.10. The normalized spacial score (nSPS) is 10.7. The number of halogens is 2. The van der Waals surface area contributed by atoms with E-state index in [0.717, 1.165) is 5.56 Å². The van der Waals surface area contributed by atoms with Crippen molar-refractivity contribution in [3.05, 3.63) is 87.4 Å². The maximum Gasteiger partial charge on any atom is 0.271 e. The van der Waals surface area contributed by atoms with Crippen LogP contribution in [0.4, 0.5) is 0 Å². The van der Waals surface area contributed by atoms with Crippen LogP contribution in [0.1, 0.15) is 21.5 Å². The summed E-state index contributed by atoms with van der Waals surface area (Å²) in [4.78, 5) is 12.4. The highest BCUT2D eigenvalue weighted by molar-refractivity contribution is 6.35. The number of carbonyl (C=O) groups is 1. The highest BCUT2D eigenvalue weighted by atomic mass is 35.5. The largest absolute Gasteiger partial charge is 0.497 e. The van der Waals surface area contributed by atoms with Gasteiger partial charge in [-0.15, -0.1) is 0 Å². The van der Waals surface area contributed by atoms with Gasteiger partial charge in [0.25, 0.3) is 5.91 Å². The summed E-state index contributed by atoms with van der Waals surface area (Å²) >= 11 is 12.1. The van der Waals surface area contributed by atoms with Crippen LogP contribution in [0.5, 0.6) is 17.2 Å². The lowest BCUT2D eigenvalue weighted by Crippen LogP contribution is -2.17. The number of amides is 1. The fourth-order valence-corrected chi connectivity index (χ4v) is 3.14. The minimum atomic E-state index is -0.403. The summed E-state index contributed by atoms with van der Waals surface area (Å²) in [6.45, 7) is 0.261. The Morgan fingerprint density at radius 1 is 1.00 bits per heavy atom. The van der Waals surface area contributed by atoms with Crippen LogP contribution < -0.4 is 19.6 Å². The average molecular weight is 459 g/mol. The first-order chi connectivity index (χ1) is 15.0. The van der Waals surface area contributed by atoms with Gasteiger partial charge in [0.2, 0.25) is 0 Å². The summed E-state index contributed by atoms with van der Waals surface area (Å²) in [5.74, 6) is 1.20. The van der Waals surface area contributed by atoms with E-state index in [2.05, 4.69) is 10.5 Å². The predicted octanol–water partition coefficient (Wildman–Crippen LogP) is 5.35. The van der Waals surface area contributed by atoms with E-state index in [9.17, 15) is 4.79 Å². The molecular formula is C23H20Cl2N2O4. The first kappa shape index (κ1) is 22.5. The molecule has 160 valence electrons. The van der Waals surface area contributed by atoms with Gasteiger partial charge in [-0.2, -0.15) is 5.10 Å². The van der Waals surface area contributed by atoms with E-state index in [1.807, 2.05) is 24.3 Å². The number of rotatable bonds is 8. The van der Waals surface area contributed by atoms with Crippen molar-refractivity contribution in [1.29, 1.82) is 0 Å². The third-order valence-electron chi connectivity index (χ3n) is 4.30. The maximum absolute atomic E-state index is 12.4. The monoisotopic (exact) mass is 458 g/mol. The van der Waals surface area contributed by atoms with Crippen LogP contribution in [-0.4, -0.2) is 26.3 Å². The van der Waals surface area contributed by atoms with E-state index >= 15 is 0 Å². The molecule has 8 heteroatoms. The maximum atomic E-state index is 12.4. The minimum Gasteiger partial charge on any atom is -0.497 e. The molecule has 0 aliphatic rings. The Bertz CT molecular complexity index is 1080. The average Bonchev–Trinajstić information content (AvgIpc) is 2.78. The molecule has 6 nitrogen and oxygen atoms in total. The number of methoxy groups -OCH3 is 2. The summed E-state index contributed by atoms with van der Waals surface area (Å²) in [5.41, 5.74) is 4.35. The van der Waals surface area contributed by atoms with Crippen molar-refractivity contribution in [2.45, 2.75) is 6.61 Å². The van der Waals surface area contributed by atoms with E-state index in [1.54, 1.807) is 36.4 Å². The summed E-state index contributed by atoms with van der Waals surface area (Å²) < 4.78 is 16.2. The molecule has 0 aliphatic heterocycles. The van der Waals surface area contributed by atoms with Gasteiger partial charge in [0.1, 0.15) is 23.9 Å². The molecule has 3 rings (SSSR count). The second kappa shape index (κ2) is 10.7. The van der Waals surface area contributed by atoms with Crippen molar-refractivity contribution < 1.29 is 19.0 Å². The number of carbonyl (C=O) groups excluding carboxylic acids is 1. The molecule has 3 aromatic carbocycles. The molecule has 31 heavy (non-hydrogen) atoms. The van der Waals surface area contributed by atoms with Crippen molar-refractivity contribution in [1.82, 2.24) is 5.43 Å². The van der Waals surface area contributed by atoms with Crippen molar-refractivity contribution in [2.24, 2.45) is 5.10 Å². The van der Waals surface area contributed by atoms with E-state index < -0.39 is 5.91 Å². The van der Waals surface area contributed by atoms with E-state index in [0.29, 0.717) is 38.4 Å². The predicted molar refractivity (Wildman–Crippen MR) is 122 cm³/mol. The first-order valence-electron chi connectivity index (χ1n) is 9.22. The molecule has 0 atom stereocenters. The van der Waals surface area contributed by atoms with Crippen molar-refractivity contribution >= 4 is 35.3 Å². The number of para-hydroxylation sites is 1. The number of nitrogens with one attached hydrogen (secondary N) is 1. The van der Waals surface area contributed by atoms with Gasteiger partial charge in [0, 0.05) is 32.8 Å². The molecule has 0 bridgehead atoms. The van der Waals surface area contributed by atoms with Crippen LogP contribution in [0, 0.1) is 0 Å². The molecule has 1 amide bonds. The third-order valence-corrected chi connectivity index (χ3v) is 4.89. The third kappa shape index (κ3) is 6.13. The van der Waals surface area contributed by atoms with Gasteiger partial charge in [-0.25, -0.2) is 5.43 Å². The molecule has 3 aromatic rings. The van der Waals surface area contributed by atoms with Gasteiger partial charge in [0.15, 0.2) is 0 Å². The van der Waals surface area contributed by atoms with Crippen LogP contribution >= 0.6 is 23.2 Å². The SMILES string of the molecule is COc1cc(OC)cc(C(=O)N/N=C\c2ccccc2OCc2ccc(Cl)cc2Cl)c1. The van der Waals surface area contributed by atoms with Crippen LogP contribution in [0.2, 0.25) is 10.0 Å². The molecule has 0 radical (unpaired) electrons. The van der Waals surface area contributed by atoms with E-state index in [-0.39, 0.29) is 6.61 Å². The molecule has 0 fully saturated rings. The van der Waals surface area contributed by atoms with E-state index in [4.69, 9.17) is 37.4 Å². The van der Waals surface area contributed by atoms with Crippen molar-refractivity contribution in [2.75, 3.05) is 14.2 Å². The standard InChI is InChI=1S/C23H20Cl2N2O4/c1-29-19-9-17(10-20(12-19)30-2)23(28)27-26-13-15-5-3-4-6-22(15)31-14-16-7-8-18(24)11-21(16)25/h3-13H,14H2,1-2H3,(H,27,28)/b26-13-.